The molecular weight excluding hydrogens is 182 g/mol. The largest absolute Gasteiger partial charge is 0.243 e. The van der Waals surface area contributed by atoms with Gasteiger partial charge in [0.1, 0.15) is 0 Å². The maximum absolute atomic E-state index is 4.13. The smallest absolute Gasteiger partial charge is 0.0549 e. The first kappa shape index (κ1) is 14.2. The molecule has 0 heterocycles. The lowest BCUT2D eigenvalue weighted by atomic mass is 9.90. The van der Waals surface area contributed by atoms with Crippen LogP contribution in [0.3, 0.4) is 0 Å². The second-order valence-corrected chi connectivity index (χ2v) is 4.32. The van der Waals surface area contributed by atoms with Gasteiger partial charge in [-0.1, -0.05) is 52.7 Å². The van der Waals surface area contributed by atoms with E-state index in [1.807, 2.05) is 0 Å². The Morgan fingerprint density at radius 1 is 1.20 bits per heavy atom. The number of nitrogens with zero attached hydrogens (tertiary/aromatic N) is 1. The van der Waals surface area contributed by atoms with Crippen LogP contribution in [0.25, 0.3) is 0 Å². The molecule has 0 saturated carbocycles. The van der Waals surface area contributed by atoms with Gasteiger partial charge in [-0.3, -0.25) is 0 Å². The van der Waals surface area contributed by atoms with Crippen molar-refractivity contribution in [3.05, 3.63) is 18.7 Å². The fraction of sp³-hybridized carbons (Fsp3) is 0.714. The van der Waals surface area contributed by atoms with Gasteiger partial charge in [0, 0.05) is 0 Å². The number of aliphatic imine (C=N–C) groups is 1. The van der Waals surface area contributed by atoms with Crippen molar-refractivity contribution >= 4 is 5.87 Å². The maximum atomic E-state index is 4.13. The van der Waals surface area contributed by atoms with E-state index in [4.69, 9.17) is 0 Å². The van der Waals surface area contributed by atoms with Gasteiger partial charge in [-0.2, -0.15) is 0 Å². The van der Waals surface area contributed by atoms with Crippen molar-refractivity contribution in [3.8, 4) is 0 Å². The Labute approximate surface area is 95.0 Å². The van der Waals surface area contributed by atoms with Gasteiger partial charge in [-0.05, 0) is 30.2 Å². The molecule has 1 nitrogen and oxygen atoms in total. The zero-order valence-electron chi connectivity index (χ0n) is 10.7. The Hall–Kier alpha value is -0.810. The standard InChI is InChI=1S/C14H25N/c1-6-12(4)9-10-14(11-15-8-3)13(5)7-2/h9-10,12-14H,3,6-7,11H2,1-2,4-5H3/b10-9-. The second-order valence-electron chi connectivity index (χ2n) is 4.32. The Morgan fingerprint density at radius 2 is 1.87 bits per heavy atom. The summed E-state index contributed by atoms with van der Waals surface area (Å²) in [7, 11) is 0. The van der Waals surface area contributed by atoms with Crippen LogP contribution in [-0.4, -0.2) is 12.4 Å². The summed E-state index contributed by atoms with van der Waals surface area (Å²) in [5.41, 5.74) is 0. The fourth-order valence-corrected chi connectivity index (χ4v) is 1.37. The Balaban J connectivity index is 4.35. The van der Waals surface area contributed by atoms with E-state index >= 15 is 0 Å². The summed E-state index contributed by atoms with van der Waals surface area (Å²) in [4.78, 5) is 4.13. The molecule has 0 aliphatic rings. The van der Waals surface area contributed by atoms with Crippen LogP contribution in [0.1, 0.15) is 40.5 Å². The number of hydrogen-bond acceptors (Lipinski definition) is 1. The SMILES string of the molecule is C=C=NCC(/C=C\C(C)CC)C(C)CC. The first-order valence-electron chi connectivity index (χ1n) is 6.02. The van der Waals surface area contributed by atoms with Gasteiger partial charge in [0.2, 0.25) is 0 Å². The summed E-state index contributed by atoms with van der Waals surface area (Å²) in [6.45, 7) is 13.3. The van der Waals surface area contributed by atoms with E-state index in [0.29, 0.717) is 17.8 Å². The highest BCUT2D eigenvalue weighted by atomic mass is 14.7. The van der Waals surface area contributed by atoms with Crippen LogP contribution in [0.2, 0.25) is 0 Å². The average molecular weight is 207 g/mol. The Kier molecular flexibility index (Phi) is 8.04. The third-order valence-electron chi connectivity index (χ3n) is 3.12. The van der Waals surface area contributed by atoms with Crippen molar-refractivity contribution in [1.82, 2.24) is 0 Å². The molecule has 0 rings (SSSR count). The summed E-state index contributed by atoms with van der Waals surface area (Å²) >= 11 is 0. The van der Waals surface area contributed by atoms with Crippen LogP contribution in [0.15, 0.2) is 23.7 Å². The van der Waals surface area contributed by atoms with Gasteiger partial charge < -0.3 is 0 Å². The fourth-order valence-electron chi connectivity index (χ4n) is 1.37. The average Bonchev–Trinajstić information content (AvgIpc) is 2.27. The van der Waals surface area contributed by atoms with E-state index in [1.165, 1.54) is 12.8 Å². The molecule has 0 radical (unpaired) electrons. The van der Waals surface area contributed by atoms with Crippen LogP contribution < -0.4 is 0 Å². The molecule has 15 heavy (non-hydrogen) atoms. The molecule has 0 fully saturated rings. The van der Waals surface area contributed by atoms with Crippen LogP contribution in [0.5, 0.6) is 0 Å². The number of hydrogen-bond donors (Lipinski definition) is 0. The van der Waals surface area contributed by atoms with Gasteiger partial charge in [-0.25, -0.2) is 4.99 Å². The van der Waals surface area contributed by atoms with Crippen molar-refractivity contribution in [2.24, 2.45) is 22.7 Å². The zero-order valence-corrected chi connectivity index (χ0v) is 10.7. The van der Waals surface area contributed by atoms with Crippen LogP contribution in [0.4, 0.5) is 0 Å². The zero-order chi connectivity index (χ0) is 11.7. The molecule has 3 atom stereocenters. The summed E-state index contributed by atoms with van der Waals surface area (Å²) in [6.07, 6.45) is 7.04. The molecule has 3 unspecified atom stereocenters. The topological polar surface area (TPSA) is 12.4 Å². The van der Waals surface area contributed by atoms with E-state index in [-0.39, 0.29) is 0 Å². The number of allylic oxidation sites excluding steroid dienone is 1. The molecule has 1 heteroatoms. The first-order chi connectivity index (χ1) is 7.15. The third kappa shape index (κ3) is 6.30. The van der Waals surface area contributed by atoms with Gasteiger partial charge in [-0.15, -0.1) is 0 Å². The Bertz CT molecular complexity index is 223. The Morgan fingerprint density at radius 3 is 2.33 bits per heavy atom. The lowest BCUT2D eigenvalue weighted by Gasteiger charge is -2.17. The van der Waals surface area contributed by atoms with E-state index < -0.39 is 0 Å². The minimum atomic E-state index is 0.540. The van der Waals surface area contributed by atoms with Gasteiger partial charge in [0.25, 0.3) is 0 Å². The minimum Gasteiger partial charge on any atom is -0.243 e. The van der Waals surface area contributed by atoms with E-state index in [1.54, 1.807) is 0 Å². The van der Waals surface area contributed by atoms with E-state index in [9.17, 15) is 0 Å². The van der Waals surface area contributed by atoms with E-state index in [0.717, 1.165) is 6.54 Å². The highest BCUT2D eigenvalue weighted by Gasteiger charge is 2.11. The molecule has 0 aromatic carbocycles. The summed E-state index contributed by atoms with van der Waals surface area (Å²) in [6, 6.07) is 0. The normalized spacial score (nSPS) is 17.1. The van der Waals surface area contributed by atoms with Crippen molar-refractivity contribution < 1.29 is 0 Å². The van der Waals surface area contributed by atoms with Crippen molar-refractivity contribution in [2.45, 2.75) is 40.5 Å². The van der Waals surface area contributed by atoms with Crippen LogP contribution in [-0.2, 0) is 0 Å². The first-order valence-corrected chi connectivity index (χ1v) is 6.02. The molecule has 0 bridgehead atoms. The molecule has 0 aliphatic carbocycles. The molecule has 86 valence electrons. The minimum absolute atomic E-state index is 0.540. The highest BCUT2D eigenvalue weighted by molar-refractivity contribution is 5.46. The quantitative estimate of drug-likeness (QED) is 0.440. The number of rotatable bonds is 7. The predicted octanol–water partition coefficient (Wildman–Crippen LogP) is 4.11. The maximum Gasteiger partial charge on any atom is 0.0549 e. The third-order valence-corrected chi connectivity index (χ3v) is 3.12. The van der Waals surface area contributed by atoms with Gasteiger partial charge >= 0.3 is 0 Å². The van der Waals surface area contributed by atoms with Gasteiger partial charge in [0.15, 0.2) is 0 Å². The molecule has 0 aromatic heterocycles. The lowest BCUT2D eigenvalue weighted by Crippen LogP contribution is -2.12. The van der Waals surface area contributed by atoms with Crippen molar-refractivity contribution in [3.63, 3.8) is 0 Å². The van der Waals surface area contributed by atoms with E-state index in [2.05, 4.69) is 57.3 Å². The van der Waals surface area contributed by atoms with Crippen molar-refractivity contribution in [1.29, 1.82) is 0 Å². The summed E-state index contributed by atoms with van der Waals surface area (Å²) in [5, 5.41) is 0. The molecule has 0 aliphatic heterocycles. The second kappa shape index (κ2) is 8.49. The molecule has 0 N–H and O–H groups in total. The monoisotopic (exact) mass is 207 g/mol. The molecule has 0 saturated heterocycles. The molecular formula is C14H25N. The summed E-state index contributed by atoms with van der Waals surface area (Å²) < 4.78 is 0. The lowest BCUT2D eigenvalue weighted by molar-refractivity contribution is 0.423. The molecule has 0 spiro atoms. The van der Waals surface area contributed by atoms with Gasteiger partial charge in [0.05, 0.1) is 6.54 Å². The molecule has 0 aromatic rings. The van der Waals surface area contributed by atoms with Crippen LogP contribution >= 0.6 is 0 Å². The van der Waals surface area contributed by atoms with Crippen LogP contribution in [0, 0.1) is 17.8 Å². The van der Waals surface area contributed by atoms with Crippen molar-refractivity contribution in [2.75, 3.05) is 6.54 Å². The molecule has 0 amide bonds. The summed E-state index contributed by atoms with van der Waals surface area (Å²) in [5.74, 6) is 4.51. The predicted molar refractivity (Wildman–Crippen MR) is 69.5 cm³/mol. The highest BCUT2D eigenvalue weighted by Crippen LogP contribution is 2.18.